The molecule has 4 heterocycles. The zero-order chi connectivity index (χ0) is 26.0. The predicted molar refractivity (Wildman–Crippen MR) is 141 cm³/mol. The molecule has 0 radical (unpaired) electrons. The Labute approximate surface area is 216 Å². The van der Waals surface area contributed by atoms with E-state index in [0.29, 0.717) is 50.4 Å². The molecule has 2 fully saturated rings. The molecule has 1 N–H and O–H groups in total. The molecular formula is C28H33N5O4. The Bertz CT molecular complexity index is 1300. The lowest BCUT2D eigenvalue weighted by Crippen LogP contribution is -2.45. The maximum Gasteiger partial charge on any atom is 0.253 e. The van der Waals surface area contributed by atoms with Crippen LogP contribution in [0.25, 0.3) is 10.9 Å². The molecule has 2 saturated heterocycles. The van der Waals surface area contributed by atoms with Gasteiger partial charge in [0, 0.05) is 67.8 Å². The second kappa shape index (κ2) is 10.3. The first-order chi connectivity index (χ1) is 17.8. The minimum atomic E-state index is -1.02. The third-order valence-electron chi connectivity index (χ3n) is 7.17. The second-order valence-electron chi connectivity index (χ2n) is 10.1. The summed E-state index contributed by atoms with van der Waals surface area (Å²) in [7, 11) is 1.72. The number of aliphatic hydroxyl groups is 1. The number of aromatic nitrogens is 2. The fourth-order valence-electron chi connectivity index (χ4n) is 5.27. The Morgan fingerprint density at radius 3 is 2.78 bits per heavy atom. The van der Waals surface area contributed by atoms with Crippen molar-refractivity contribution in [3.63, 3.8) is 0 Å². The van der Waals surface area contributed by atoms with Crippen LogP contribution in [-0.2, 0) is 4.79 Å². The lowest BCUT2D eigenvalue weighted by molar-refractivity contribution is -0.128. The van der Waals surface area contributed by atoms with Gasteiger partial charge >= 0.3 is 0 Å². The molecule has 3 aromatic rings. The fraction of sp³-hybridized carbons (Fsp3) is 0.429. The van der Waals surface area contributed by atoms with Crippen LogP contribution in [0.3, 0.4) is 0 Å². The largest absolute Gasteiger partial charge is 0.492 e. The number of benzene rings is 1. The summed E-state index contributed by atoms with van der Waals surface area (Å²) < 4.78 is 5.75. The van der Waals surface area contributed by atoms with Crippen molar-refractivity contribution in [3.05, 3.63) is 60.0 Å². The molecule has 5 rings (SSSR count). The topological polar surface area (TPSA) is 99.1 Å². The monoisotopic (exact) mass is 503 g/mol. The first-order valence-corrected chi connectivity index (χ1v) is 12.8. The summed E-state index contributed by atoms with van der Waals surface area (Å²) in [5.41, 5.74) is 2.31. The Kier molecular flexibility index (Phi) is 6.97. The quantitative estimate of drug-likeness (QED) is 0.505. The van der Waals surface area contributed by atoms with E-state index in [9.17, 15) is 14.7 Å². The van der Waals surface area contributed by atoms with Crippen molar-refractivity contribution in [2.75, 3.05) is 51.3 Å². The molecule has 2 aliphatic heterocycles. The predicted octanol–water partition coefficient (Wildman–Crippen LogP) is 2.65. The number of fused-ring (bicyclic) bond motifs is 1. The number of β-amino-alcohol motifs (C(OH)–C–C–N with tert-alkyl or cyclic N) is 1. The zero-order valence-electron chi connectivity index (χ0n) is 21.4. The van der Waals surface area contributed by atoms with Crippen LogP contribution in [0.5, 0.6) is 5.75 Å². The summed E-state index contributed by atoms with van der Waals surface area (Å²) in [6.07, 6.45) is 5.63. The van der Waals surface area contributed by atoms with Gasteiger partial charge in [-0.15, -0.1) is 0 Å². The molecule has 0 bridgehead atoms. The van der Waals surface area contributed by atoms with E-state index in [1.54, 1.807) is 42.4 Å². The van der Waals surface area contributed by atoms with Crippen molar-refractivity contribution in [1.29, 1.82) is 0 Å². The van der Waals surface area contributed by atoms with E-state index in [1.807, 2.05) is 30.2 Å². The van der Waals surface area contributed by atoms with Gasteiger partial charge in [0.25, 0.3) is 5.91 Å². The van der Waals surface area contributed by atoms with Crippen molar-refractivity contribution in [2.24, 2.45) is 0 Å². The molecule has 1 aromatic carbocycles. The summed E-state index contributed by atoms with van der Waals surface area (Å²) >= 11 is 0. The Morgan fingerprint density at radius 2 is 2.03 bits per heavy atom. The lowest BCUT2D eigenvalue weighted by Gasteiger charge is -2.30. The average Bonchev–Trinajstić information content (AvgIpc) is 3.48. The van der Waals surface area contributed by atoms with Gasteiger partial charge < -0.3 is 24.5 Å². The highest BCUT2D eigenvalue weighted by atomic mass is 16.5. The van der Waals surface area contributed by atoms with Crippen LogP contribution >= 0.6 is 0 Å². The molecule has 2 aliphatic rings. The van der Waals surface area contributed by atoms with Gasteiger partial charge in [0.1, 0.15) is 18.0 Å². The average molecular weight is 504 g/mol. The van der Waals surface area contributed by atoms with E-state index in [-0.39, 0.29) is 18.4 Å². The van der Waals surface area contributed by atoms with E-state index >= 15 is 0 Å². The third kappa shape index (κ3) is 5.51. The van der Waals surface area contributed by atoms with Crippen LogP contribution in [-0.4, -0.2) is 88.7 Å². The third-order valence-corrected chi connectivity index (χ3v) is 7.17. The number of hydrogen-bond acceptors (Lipinski definition) is 7. The molecule has 37 heavy (non-hydrogen) atoms. The summed E-state index contributed by atoms with van der Waals surface area (Å²) in [4.78, 5) is 39.2. The summed E-state index contributed by atoms with van der Waals surface area (Å²) in [6.45, 7) is 5.08. The molecule has 9 nitrogen and oxygen atoms in total. The molecule has 2 amide bonds. The van der Waals surface area contributed by atoms with Gasteiger partial charge in [0.2, 0.25) is 5.91 Å². The highest BCUT2D eigenvalue weighted by Gasteiger charge is 2.38. The molecule has 194 valence electrons. The standard InChI is InChI=1S/C28H33N5O4/c1-20-16-25(23-17-29-11-9-24(23)30-20)33-13-10-28(36,19-33)18-31(2)27(35)21-5-7-22(8-6-21)37-15-14-32-12-3-4-26(32)34/h5-9,11,16-17,36H,3-4,10,12-15,18-19H2,1-2H3. The number of carbonyl (C=O) groups is 2. The van der Waals surface area contributed by atoms with Crippen LogP contribution in [0.2, 0.25) is 0 Å². The van der Waals surface area contributed by atoms with E-state index < -0.39 is 5.60 Å². The van der Waals surface area contributed by atoms with Gasteiger partial charge in [-0.05, 0) is 56.2 Å². The van der Waals surface area contributed by atoms with Crippen molar-refractivity contribution in [3.8, 4) is 5.75 Å². The van der Waals surface area contributed by atoms with Crippen LogP contribution in [0.15, 0.2) is 48.8 Å². The number of carbonyl (C=O) groups excluding carboxylic acids is 2. The number of pyridine rings is 2. The lowest BCUT2D eigenvalue weighted by atomic mass is 10.0. The number of amides is 2. The van der Waals surface area contributed by atoms with Crippen molar-refractivity contribution in [2.45, 2.75) is 31.8 Å². The number of hydrogen-bond donors (Lipinski definition) is 1. The number of likely N-dealkylation sites (N-methyl/N-ethyl adjacent to an activating group) is 1. The molecule has 0 spiro atoms. The van der Waals surface area contributed by atoms with Gasteiger partial charge in [-0.3, -0.25) is 19.6 Å². The van der Waals surface area contributed by atoms with Crippen molar-refractivity contribution >= 4 is 28.4 Å². The molecular weight excluding hydrogens is 470 g/mol. The van der Waals surface area contributed by atoms with Gasteiger partial charge in [-0.25, -0.2) is 0 Å². The van der Waals surface area contributed by atoms with Crippen molar-refractivity contribution in [1.82, 2.24) is 19.8 Å². The Balaban J connectivity index is 1.18. The number of ether oxygens (including phenoxy) is 1. The maximum absolute atomic E-state index is 13.1. The normalized spacial score (nSPS) is 19.6. The highest BCUT2D eigenvalue weighted by molar-refractivity contribution is 5.94. The summed E-state index contributed by atoms with van der Waals surface area (Å²) in [5, 5.41) is 12.3. The Morgan fingerprint density at radius 1 is 1.22 bits per heavy atom. The van der Waals surface area contributed by atoms with Gasteiger partial charge in [0.05, 0.1) is 18.6 Å². The fourth-order valence-corrected chi connectivity index (χ4v) is 5.27. The van der Waals surface area contributed by atoms with Crippen LogP contribution in [0.1, 0.15) is 35.3 Å². The van der Waals surface area contributed by atoms with Gasteiger partial charge in [-0.1, -0.05) is 0 Å². The zero-order valence-corrected chi connectivity index (χ0v) is 21.4. The first kappa shape index (κ1) is 25.0. The number of likely N-dealkylation sites (tertiary alicyclic amines) is 1. The smallest absolute Gasteiger partial charge is 0.253 e. The second-order valence-corrected chi connectivity index (χ2v) is 10.1. The van der Waals surface area contributed by atoms with E-state index in [2.05, 4.69) is 14.9 Å². The molecule has 9 heteroatoms. The van der Waals surface area contributed by atoms with Crippen LogP contribution in [0.4, 0.5) is 5.69 Å². The molecule has 1 atom stereocenters. The van der Waals surface area contributed by atoms with Gasteiger partial charge in [0.15, 0.2) is 0 Å². The van der Waals surface area contributed by atoms with Crippen LogP contribution < -0.4 is 9.64 Å². The SMILES string of the molecule is Cc1cc(N2CCC(O)(CN(C)C(=O)c3ccc(OCCN4CCCC4=O)cc3)C2)c2cnccc2n1. The van der Waals surface area contributed by atoms with E-state index in [1.165, 1.54) is 0 Å². The summed E-state index contributed by atoms with van der Waals surface area (Å²) in [5.74, 6) is 0.682. The molecule has 0 saturated carbocycles. The van der Waals surface area contributed by atoms with E-state index in [0.717, 1.165) is 35.2 Å². The van der Waals surface area contributed by atoms with Gasteiger partial charge in [-0.2, -0.15) is 0 Å². The molecule has 1 unspecified atom stereocenters. The number of aryl methyl sites for hydroxylation is 1. The number of rotatable bonds is 8. The number of nitrogens with zero attached hydrogens (tertiary/aromatic N) is 5. The van der Waals surface area contributed by atoms with Crippen molar-refractivity contribution < 1.29 is 19.4 Å². The maximum atomic E-state index is 13.1. The van der Waals surface area contributed by atoms with E-state index in [4.69, 9.17) is 4.74 Å². The summed E-state index contributed by atoms with van der Waals surface area (Å²) in [6, 6.07) is 10.9. The molecule has 0 aliphatic carbocycles. The number of anilines is 1. The van der Waals surface area contributed by atoms with Crippen LogP contribution in [0, 0.1) is 6.92 Å². The Hall–Kier alpha value is -3.72. The minimum absolute atomic E-state index is 0.157. The first-order valence-electron chi connectivity index (χ1n) is 12.8. The molecule has 2 aromatic heterocycles. The minimum Gasteiger partial charge on any atom is -0.492 e. The highest BCUT2D eigenvalue weighted by Crippen LogP contribution is 2.32.